The van der Waals surface area contributed by atoms with Crippen molar-refractivity contribution in [3.8, 4) is 0 Å². The van der Waals surface area contributed by atoms with Gasteiger partial charge in [0.15, 0.2) is 0 Å². The second kappa shape index (κ2) is 8.39. The first-order valence-electron chi connectivity index (χ1n) is 7.78. The van der Waals surface area contributed by atoms with E-state index in [1.54, 1.807) is 40.1 Å². The van der Waals surface area contributed by atoms with Crippen LogP contribution in [0.2, 0.25) is 0 Å². The maximum Gasteiger partial charge on any atom is 0.251 e. The second-order valence-corrected chi connectivity index (χ2v) is 7.60. The van der Waals surface area contributed by atoms with Gasteiger partial charge in [0, 0.05) is 37.9 Å². The molecule has 25 heavy (non-hydrogen) atoms. The Morgan fingerprint density at radius 1 is 1.20 bits per heavy atom. The third-order valence-corrected chi connectivity index (χ3v) is 4.32. The fourth-order valence-electron chi connectivity index (χ4n) is 2.50. The summed E-state index contributed by atoms with van der Waals surface area (Å²) < 4.78 is 49.3. The highest BCUT2D eigenvalue weighted by Gasteiger charge is 2.21. The number of anilines is 1. The molecule has 1 aliphatic heterocycles. The average Bonchev–Trinajstić information content (AvgIpc) is 2.52. The van der Waals surface area contributed by atoms with Crippen molar-refractivity contribution in [2.45, 2.75) is 6.43 Å². The van der Waals surface area contributed by atoms with Gasteiger partial charge in [0.2, 0.25) is 15.9 Å². The van der Waals surface area contributed by atoms with Crippen molar-refractivity contribution < 1.29 is 22.0 Å². The van der Waals surface area contributed by atoms with Gasteiger partial charge < -0.3 is 4.90 Å². The third-order valence-electron chi connectivity index (χ3n) is 3.71. The van der Waals surface area contributed by atoms with Crippen molar-refractivity contribution in [2.24, 2.45) is 0 Å². The van der Waals surface area contributed by atoms with Crippen molar-refractivity contribution in [3.63, 3.8) is 0 Å². The zero-order chi connectivity index (χ0) is 18.4. The number of sulfonamides is 1. The van der Waals surface area contributed by atoms with Crippen LogP contribution in [0.1, 0.15) is 5.56 Å². The number of nitrogens with zero attached hydrogens (tertiary/aromatic N) is 2. The number of rotatable bonds is 6. The average molecular weight is 373 g/mol. The van der Waals surface area contributed by atoms with Gasteiger partial charge in [-0.2, -0.15) is 0 Å². The number of nitrogens with one attached hydrogen (secondary N) is 1. The van der Waals surface area contributed by atoms with E-state index in [-0.39, 0.29) is 12.5 Å². The maximum atomic E-state index is 12.3. The van der Waals surface area contributed by atoms with Crippen molar-refractivity contribution in [1.29, 1.82) is 0 Å². The van der Waals surface area contributed by atoms with E-state index in [1.807, 2.05) is 0 Å². The minimum atomic E-state index is -3.32. The van der Waals surface area contributed by atoms with Gasteiger partial charge in [-0.25, -0.2) is 17.2 Å². The molecule has 0 atom stereocenters. The Morgan fingerprint density at radius 3 is 2.32 bits per heavy atom. The zero-order valence-corrected chi connectivity index (χ0v) is 14.7. The molecule has 138 valence electrons. The molecule has 1 fully saturated rings. The molecule has 0 bridgehead atoms. The van der Waals surface area contributed by atoms with E-state index in [0.717, 1.165) is 11.8 Å². The minimum absolute atomic E-state index is 0.171. The Kier molecular flexibility index (Phi) is 6.49. The smallest absolute Gasteiger partial charge is 0.251 e. The SMILES string of the molecule is CS(=O)(=O)Nc1ccc(/C=C/C(=O)N2CCN(CC(F)F)CC2)cc1. The summed E-state index contributed by atoms with van der Waals surface area (Å²) in [6.07, 6.45) is 1.78. The van der Waals surface area contributed by atoms with Crippen molar-refractivity contribution in [2.75, 3.05) is 43.7 Å². The summed E-state index contributed by atoms with van der Waals surface area (Å²) in [5.41, 5.74) is 1.20. The summed E-state index contributed by atoms with van der Waals surface area (Å²) >= 11 is 0. The zero-order valence-electron chi connectivity index (χ0n) is 13.9. The van der Waals surface area contributed by atoms with Crippen molar-refractivity contribution in [3.05, 3.63) is 35.9 Å². The van der Waals surface area contributed by atoms with Crippen LogP contribution in [0.25, 0.3) is 6.08 Å². The molecule has 0 aliphatic carbocycles. The Morgan fingerprint density at radius 2 is 1.80 bits per heavy atom. The molecule has 0 spiro atoms. The lowest BCUT2D eigenvalue weighted by Gasteiger charge is -2.33. The highest BCUT2D eigenvalue weighted by Crippen LogP contribution is 2.12. The van der Waals surface area contributed by atoms with Gasteiger partial charge in [0.1, 0.15) is 0 Å². The number of benzene rings is 1. The summed E-state index contributed by atoms with van der Waals surface area (Å²) in [6, 6.07) is 6.60. The number of hydrogen-bond donors (Lipinski definition) is 1. The molecule has 1 aromatic carbocycles. The summed E-state index contributed by atoms with van der Waals surface area (Å²) in [5.74, 6) is -0.171. The van der Waals surface area contributed by atoms with Gasteiger partial charge in [0.25, 0.3) is 6.43 Å². The molecule has 1 saturated heterocycles. The van der Waals surface area contributed by atoms with Crippen molar-refractivity contribution >= 4 is 27.7 Å². The van der Waals surface area contributed by atoms with E-state index in [9.17, 15) is 22.0 Å². The van der Waals surface area contributed by atoms with Crippen LogP contribution >= 0.6 is 0 Å². The molecule has 1 amide bonds. The molecular formula is C16H21F2N3O3S. The Labute approximate surface area is 146 Å². The van der Waals surface area contributed by atoms with E-state index in [4.69, 9.17) is 0 Å². The number of hydrogen-bond acceptors (Lipinski definition) is 4. The number of carbonyl (C=O) groups excluding carboxylic acids is 1. The van der Waals surface area contributed by atoms with Gasteiger partial charge in [-0.05, 0) is 23.8 Å². The first kappa shape index (κ1) is 19.3. The van der Waals surface area contributed by atoms with E-state index in [1.165, 1.54) is 6.08 Å². The second-order valence-electron chi connectivity index (χ2n) is 5.85. The molecule has 1 aromatic rings. The number of carbonyl (C=O) groups is 1. The standard InChI is InChI=1S/C16H21F2N3O3S/c1-25(23,24)19-14-5-2-13(3-6-14)4-7-16(22)21-10-8-20(9-11-21)12-15(17)18/h2-7,15,19H,8-12H2,1H3/b7-4+. The van der Waals surface area contributed by atoms with Crippen LogP contribution in [0.3, 0.4) is 0 Å². The minimum Gasteiger partial charge on any atom is -0.337 e. The van der Waals surface area contributed by atoms with Gasteiger partial charge in [0.05, 0.1) is 12.8 Å². The Bertz CT molecular complexity index is 713. The molecule has 1 N–H and O–H groups in total. The molecule has 1 aliphatic rings. The van der Waals surface area contributed by atoms with E-state index < -0.39 is 16.4 Å². The summed E-state index contributed by atoms with van der Waals surface area (Å²) in [7, 11) is -3.32. The molecule has 0 unspecified atom stereocenters. The Hall–Kier alpha value is -2.00. The van der Waals surface area contributed by atoms with Gasteiger partial charge in [-0.1, -0.05) is 12.1 Å². The fourth-order valence-corrected chi connectivity index (χ4v) is 3.06. The molecular weight excluding hydrogens is 352 g/mol. The van der Waals surface area contributed by atoms with Crippen LogP contribution in [-0.2, 0) is 14.8 Å². The maximum absolute atomic E-state index is 12.3. The molecule has 0 aromatic heterocycles. The summed E-state index contributed by atoms with van der Waals surface area (Å²) in [4.78, 5) is 15.4. The highest BCUT2D eigenvalue weighted by atomic mass is 32.2. The lowest BCUT2D eigenvalue weighted by molar-refractivity contribution is -0.127. The number of alkyl halides is 2. The highest BCUT2D eigenvalue weighted by molar-refractivity contribution is 7.92. The van der Waals surface area contributed by atoms with Crippen LogP contribution in [0.4, 0.5) is 14.5 Å². The third kappa shape index (κ3) is 6.79. The van der Waals surface area contributed by atoms with Crippen LogP contribution < -0.4 is 4.72 Å². The van der Waals surface area contributed by atoms with E-state index in [0.29, 0.717) is 31.9 Å². The van der Waals surface area contributed by atoms with E-state index >= 15 is 0 Å². The predicted molar refractivity (Wildman–Crippen MR) is 93.0 cm³/mol. The fraction of sp³-hybridized carbons (Fsp3) is 0.438. The lowest BCUT2D eigenvalue weighted by Crippen LogP contribution is -2.49. The van der Waals surface area contributed by atoms with Gasteiger partial charge in [-0.15, -0.1) is 0 Å². The topological polar surface area (TPSA) is 69.7 Å². The van der Waals surface area contributed by atoms with E-state index in [2.05, 4.69) is 4.72 Å². The first-order valence-corrected chi connectivity index (χ1v) is 9.67. The number of halogens is 2. The van der Waals surface area contributed by atoms with Crippen LogP contribution in [0.5, 0.6) is 0 Å². The van der Waals surface area contributed by atoms with Crippen LogP contribution in [-0.4, -0.2) is 69.5 Å². The predicted octanol–water partition coefficient (Wildman–Crippen LogP) is 1.48. The molecule has 6 nitrogen and oxygen atoms in total. The quantitative estimate of drug-likeness (QED) is 0.767. The monoisotopic (exact) mass is 373 g/mol. The number of piperazine rings is 1. The molecule has 1 heterocycles. The first-order chi connectivity index (χ1) is 11.7. The summed E-state index contributed by atoms with van der Waals surface area (Å²) in [5, 5.41) is 0. The molecule has 9 heteroatoms. The largest absolute Gasteiger partial charge is 0.337 e. The van der Waals surface area contributed by atoms with Crippen LogP contribution in [0, 0.1) is 0 Å². The lowest BCUT2D eigenvalue weighted by atomic mass is 10.2. The van der Waals surface area contributed by atoms with Crippen molar-refractivity contribution in [1.82, 2.24) is 9.80 Å². The van der Waals surface area contributed by atoms with Gasteiger partial charge >= 0.3 is 0 Å². The Balaban J connectivity index is 1.86. The molecule has 0 radical (unpaired) electrons. The number of amides is 1. The van der Waals surface area contributed by atoms with Gasteiger partial charge in [-0.3, -0.25) is 14.4 Å². The molecule has 2 rings (SSSR count). The molecule has 0 saturated carbocycles. The normalized spacial score (nSPS) is 16.6. The summed E-state index contributed by atoms with van der Waals surface area (Å²) in [6.45, 7) is 1.47. The van der Waals surface area contributed by atoms with Crippen LogP contribution in [0.15, 0.2) is 30.3 Å².